The minimum atomic E-state index is -0.150. The maximum Gasteiger partial charge on any atom is 0.309 e. The van der Waals surface area contributed by atoms with E-state index in [2.05, 4.69) is 31.8 Å². The molecule has 2 aromatic rings. The molecule has 2 aliphatic rings. The first-order chi connectivity index (χ1) is 16.0. The Labute approximate surface area is 211 Å². The van der Waals surface area contributed by atoms with Gasteiger partial charge in [-0.25, -0.2) is 4.58 Å². The van der Waals surface area contributed by atoms with Crippen LogP contribution in [0.25, 0.3) is 0 Å². The van der Waals surface area contributed by atoms with Gasteiger partial charge in [-0.3, -0.25) is 9.79 Å². The quantitative estimate of drug-likeness (QED) is 0.424. The molecule has 183 valence electrons. The highest BCUT2D eigenvalue weighted by Crippen LogP contribution is 2.19. The zero-order valence-electron chi connectivity index (χ0n) is 18.5. The number of allylic oxidation sites excluding steroid dienone is 2. The molecule has 0 saturated carbocycles. The first kappa shape index (κ1) is 26.9. The number of hydrogen-bond acceptors (Lipinski definition) is 5. The SMILES string of the molecule is C.C.C#Cc1ccc(C)c(CNC(=O)c2cccc(NCC3=[N+](C)/C(=C4/[CH]C=NC=C4)N=N3)c2)c1.[HH].[HH]. The van der Waals surface area contributed by atoms with Crippen LogP contribution >= 0.6 is 0 Å². The molecule has 2 N–H and O–H groups in total. The van der Waals surface area contributed by atoms with Crippen LogP contribution in [0.4, 0.5) is 5.69 Å². The number of carbonyl (C=O) groups excluding carboxylic acids is 1. The Morgan fingerprint density at radius 2 is 1.97 bits per heavy atom. The maximum atomic E-state index is 12.7. The van der Waals surface area contributed by atoms with Crippen LogP contribution in [-0.4, -0.2) is 36.1 Å². The lowest BCUT2D eigenvalue weighted by atomic mass is 10.1. The second-order valence-corrected chi connectivity index (χ2v) is 7.64. The smallest absolute Gasteiger partial charge is 0.309 e. The molecule has 7 nitrogen and oxygen atoms in total. The van der Waals surface area contributed by atoms with Crippen LogP contribution in [0.2, 0.25) is 0 Å². The summed E-state index contributed by atoms with van der Waals surface area (Å²) < 4.78 is 1.94. The van der Waals surface area contributed by atoms with E-state index >= 15 is 0 Å². The summed E-state index contributed by atoms with van der Waals surface area (Å²) >= 11 is 0. The number of anilines is 1. The Morgan fingerprint density at radius 3 is 2.71 bits per heavy atom. The van der Waals surface area contributed by atoms with E-state index in [0.29, 0.717) is 18.7 Å². The summed E-state index contributed by atoms with van der Waals surface area (Å²) in [5, 5.41) is 14.9. The molecule has 0 saturated heterocycles. The molecule has 0 aliphatic carbocycles. The minimum absolute atomic E-state index is 0. The second kappa shape index (κ2) is 12.2. The minimum Gasteiger partial charge on any atom is -0.375 e. The fraction of sp³-hybridized carbons (Fsp3) is 0.214. The van der Waals surface area contributed by atoms with Crippen molar-refractivity contribution in [1.29, 1.82) is 0 Å². The predicted molar refractivity (Wildman–Crippen MR) is 148 cm³/mol. The fourth-order valence-corrected chi connectivity index (χ4v) is 3.45. The Balaban J connectivity index is 0.00000324. The van der Waals surface area contributed by atoms with Crippen LogP contribution in [0.5, 0.6) is 0 Å². The number of aryl methyl sites for hydroxylation is 1. The number of nitrogens with zero attached hydrogens (tertiary/aromatic N) is 4. The van der Waals surface area contributed by atoms with Crippen molar-refractivity contribution in [1.82, 2.24) is 5.32 Å². The lowest BCUT2D eigenvalue weighted by Gasteiger charge is -2.10. The van der Waals surface area contributed by atoms with Gasteiger partial charge in [-0.2, -0.15) is 0 Å². The highest BCUT2D eigenvalue weighted by molar-refractivity contribution is 5.95. The standard InChI is InChI=1S/C26H23N6O.2CH4.2H2/c1-4-19-9-8-18(2)22(14-19)16-29-26(33)21-6-5-7-23(15-21)28-17-24-30-31-25(32(24)3)20-10-12-27-13-11-20;;;;/h1,5-15,28H,16-17H2,2-3H3;2*1H4;2*1H/p+1. The van der Waals surface area contributed by atoms with Crippen molar-refractivity contribution in [2.24, 2.45) is 15.2 Å². The van der Waals surface area contributed by atoms with E-state index in [-0.39, 0.29) is 23.6 Å². The molecule has 0 spiro atoms. The number of nitrogens with one attached hydrogen (secondary N) is 2. The van der Waals surface area contributed by atoms with Gasteiger partial charge in [0.05, 0.1) is 17.3 Å². The third kappa shape index (κ3) is 6.39. The maximum absolute atomic E-state index is 12.7. The fourth-order valence-electron chi connectivity index (χ4n) is 3.45. The topological polar surface area (TPSA) is 81.2 Å². The van der Waals surface area contributed by atoms with Crippen LogP contribution < -0.4 is 10.6 Å². The number of carbonyl (C=O) groups is 1. The molecular formula is C28H36N6O+. The predicted octanol–water partition coefficient (Wildman–Crippen LogP) is 5.60. The molecule has 2 aliphatic heterocycles. The van der Waals surface area contributed by atoms with Crippen molar-refractivity contribution in [3.8, 4) is 12.3 Å². The molecule has 7 heteroatoms. The van der Waals surface area contributed by atoms with Crippen molar-refractivity contribution in [3.63, 3.8) is 0 Å². The van der Waals surface area contributed by atoms with Gasteiger partial charge in [0.25, 0.3) is 5.91 Å². The van der Waals surface area contributed by atoms with Crippen molar-refractivity contribution in [2.45, 2.75) is 28.3 Å². The number of aliphatic imine (C=N–C) groups is 1. The van der Waals surface area contributed by atoms with Gasteiger partial charge < -0.3 is 10.6 Å². The molecular weight excluding hydrogens is 436 g/mol. The third-order valence-corrected chi connectivity index (χ3v) is 5.43. The first-order valence-electron chi connectivity index (χ1n) is 10.5. The van der Waals surface area contributed by atoms with Gasteiger partial charge in [0.1, 0.15) is 6.54 Å². The van der Waals surface area contributed by atoms with Crippen LogP contribution in [0.1, 0.15) is 44.8 Å². The van der Waals surface area contributed by atoms with Gasteiger partial charge in [-0.1, -0.05) is 32.9 Å². The number of rotatable bonds is 6. The molecule has 1 amide bonds. The molecule has 0 unspecified atom stereocenters. The molecule has 0 bridgehead atoms. The zero-order chi connectivity index (χ0) is 23.2. The van der Waals surface area contributed by atoms with E-state index in [1.54, 1.807) is 18.5 Å². The summed E-state index contributed by atoms with van der Waals surface area (Å²) in [5.74, 6) is 4.03. The molecule has 0 aromatic heterocycles. The van der Waals surface area contributed by atoms with Gasteiger partial charge in [-0.15, -0.1) is 6.42 Å². The highest BCUT2D eigenvalue weighted by atomic mass is 16.1. The van der Waals surface area contributed by atoms with Gasteiger partial charge in [0.2, 0.25) is 0 Å². The summed E-state index contributed by atoms with van der Waals surface area (Å²) in [6.07, 6.45) is 12.7. The lowest BCUT2D eigenvalue weighted by molar-refractivity contribution is -0.441. The summed E-state index contributed by atoms with van der Waals surface area (Å²) in [5.41, 5.74) is 5.22. The van der Waals surface area contributed by atoms with Crippen LogP contribution in [0.15, 0.2) is 81.4 Å². The van der Waals surface area contributed by atoms with E-state index in [9.17, 15) is 4.79 Å². The number of terminal acetylenes is 1. The number of hydrogen-bond donors (Lipinski definition) is 2. The number of azo groups is 1. The zero-order valence-corrected chi connectivity index (χ0v) is 18.5. The monoisotopic (exact) mass is 472 g/mol. The Morgan fingerprint density at radius 1 is 1.14 bits per heavy atom. The van der Waals surface area contributed by atoms with Crippen LogP contribution in [0, 0.1) is 25.7 Å². The van der Waals surface area contributed by atoms with E-state index in [1.165, 1.54) is 0 Å². The van der Waals surface area contributed by atoms with Crippen molar-refractivity contribution in [3.05, 3.63) is 94.8 Å². The summed E-state index contributed by atoms with van der Waals surface area (Å²) in [6.45, 7) is 2.88. The van der Waals surface area contributed by atoms with Crippen molar-refractivity contribution >= 4 is 23.6 Å². The molecule has 0 atom stereocenters. The number of amidine groups is 1. The van der Waals surface area contributed by atoms with E-state index in [4.69, 9.17) is 6.42 Å². The van der Waals surface area contributed by atoms with Crippen LogP contribution in [-0.2, 0) is 6.54 Å². The van der Waals surface area contributed by atoms with E-state index < -0.39 is 0 Å². The molecule has 1 radical (unpaired) electrons. The third-order valence-electron chi connectivity index (χ3n) is 5.43. The molecule has 4 rings (SSSR count). The number of benzene rings is 2. The van der Waals surface area contributed by atoms with E-state index in [0.717, 1.165) is 39.6 Å². The highest BCUT2D eigenvalue weighted by Gasteiger charge is 2.26. The average Bonchev–Trinajstić information content (AvgIpc) is 3.23. The molecule has 2 aromatic carbocycles. The van der Waals surface area contributed by atoms with Gasteiger partial charge in [0, 0.05) is 50.6 Å². The van der Waals surface area contributed by atoms with Crippen molar-refractivity contribution < 1.29 is 12.2 Å². The Bertz CT molecular complexity index is 1300. The Kier molecular flexibility index (Phi) is 9.42. The molecule has 0 fully saturated rings. The number of amides is 1. The van der Waals surface area contributed by atoms with Crippen molar-refractivity contribution in [2.75, 3.05) is 18.9 Å². The van der Waals surface area contributed by atoms with Gasteiger partial charge in [0.15, 0.2) is 0 Å². The first-order valence-corrected chi connectivity index (χ1v) is 10.5. The largest absolute Gasteiger partial charge is 0.375 e. The van der Waals surface area contributed by atoms with Crippen LogP contribution in [0.3, 0.4) is 0 Å². The van der Waals surface area contributed by atoms with Gasteiger partial charge in [-0.05, 0) is 54.5 Å². The average molecular weight is 473 g/mol. The summed E-state index contributed by atoms with van der Waals surface area (Å²) in [7, 11) is 1.92. The normalized spacial score (nSPS) is 15.8. The molecule has 2 heterocycles. The Hall–Kier alpha value is -4.31. The lowest BCUT2D eigenvalue weighted by Crippen LogP contribution is -2.23. The summed E-state index contributed by atoms with van der Waals surface area (Å²) in [6, 6.07) is 13.2. The summed E-state index contributed by atoms with van der Waals surface area (Å²) in [4.78, 5) is 16.8. The van der Waals surface area contributed by atoms with Gasteiger partial charge >= 0.3 is 11.7 Å². The second-order valence-electron chi connectivity index (χ2n) is 7.64. The molecule has 35 heavy (non-hydrogen) atoms. The van der Waals surface area contributed by atoms with E-state index in [1.807, 2.05) is 67.4 Å².